The van der Waals surface area contributed by atoms with Gasteiger partial charge in [-0.3, -0.25) is 9.78 Å². The molecule has 1 atom stereocenters. The Balaban J connectivity index is 2.25. The van der Waals surface area contributed by atoms with Crippen LogP contribution in [0.4, 0.5) is 0 Å². The lowest BCUT2D eigenvalue weighted by molar-refractivity contribution is 0.0939. The number of nitrogens with two attached hydrogens (primary N) is 1. The molecule has 2 rings (SSSR count). The van der Waals surface area contributed by atoms with Crippen LogP contribution in [0.15, 0.2) is 41.7 Å². The molecule has 1 amide bonds. The predicted molar refractivity (Wildman–Crippen MR) is 81.2 cm³/mol. The molecule has 1 unspecified atom stereocenters. The van der Waals surface area contributed by atoms with Crippen LogP contribution in [0.5, 0.6) is 0 Å². The number of nitrogens with one attached hydrogen (secondary N) is 1. The Morgan fingerprint density at radius 3 is 2.81 bits per heavy atom. The molecule has 0 aliphatic carbocycles. The van der Waals surface area contributed by atoms with Gasteiger partial charge in [0.15, 0.2) is 5.84 Å². The molecule has 6 heteroatoms. The minimum Gasteiger partial charge on any atom is -0.409 e. The molecule has 0 aliphatic rings. The normalized spacial score (nSPS) is 13.4. The van der Waals surface area contributed by atoms with Crippen molar-refractivity contribution in [2.45, 2.75) is 19.9 Å². The van der Waals surface area contributed by atoms with Crippen LogP contribution in [-0.4, -0.2) is 28.0 Å². The van der Waals surface area contributed by atoms with Crippen LogP contribution < -0.4 is 11.1 Å². The van der Waals surface area contributed by atoms with E-state index in [1.165, 1.54) is 0 Å². The fourth-order valence-electron chi connectivity index (χ4n) is 2.09. The standard InChI is InChI=1S/C15H18N4O2/c1-9(2)13(14(16)19-21)18-15(20)11-5-6-12-10(8-11)4-3-7-17-12/h3-9,13,21H,1-2H3,(H2,16,19)(H,18,20). The molecule has 1 heterocycles. The van der Waals surface area contributed by atoms with Crippen molar-refractivity contribution in [1.82, 2.24) is 10.3 Å². The van der Waals surface area contributed by atoms with E-state index in [1.54, 1.807) is 24.4 Å². The Hall–Kier alpha value is -2.63. The van der Waals surface area contributed by atoms with Gasteiger partial charge in [0.25, 0.3) is 5.91 Å². The summed E-state index contributed by atoms with van der Waals surface area (Å²) >= 11 is 0. The third-order valence-electron chi connectivity index (χ3n) is 3.25. The summed E-state index contributed by atoms with van der Waals surface area (Å²) in [6.45, 7) is 3.76. The maximum Gasteiger partial charge on any atom is 0.251 e. The van der Waals surface area contributed by atoms with Crippen molar-refractivity contribution in [2.75, 3.05) is 0 Å². The largest absolute Gasteiger partial charge is 0.409 e. The molecule has 21 heavy (non-hydrogen) atoms. The van der Waals surface area contributed by atoms with Gasteiger partial charge in [-0.25, -0.2) is 0 Å². The summed E-state index contributed by atoms with van der Waals surface area (Å²) in [7, 11) is 0. The van der Waals surface area contributed by atoms with Crippen LogP contribution >= 0.6 is 0 Å². The van der Waals surface area contributed by atoms with Crippen molar-refractivity contribution in [3.8, 4) is 0 Å². The van der Waals surface area contributed by atoms with E-state index in [0.29, 0.717) is 5.56 Å². The summed E-state index contributed by atoms with van der Waals surface area (Å²) in [6, 6.07) is 8.44. The van der Waals surface area contributed by atoms with Gasteiger partial charge in [-0.1, -0.05) is 25.1 Å². The minimum absolute atomic E-state index is 0.00646. The molecule has 0 saturated carbocycles. The number of nitrogens with zero attached hydrogens (tertiary/aromatic N) is 2. The van der Waals surface area contributed by atoms with E-state index >= 15 is 0 Å². The van der Waals surface area contributed by atoms with Crippen LogP contribution in [0, 0.1) is 5.92 Å². The van der Waals surface area contributed by atoms with Crippen molar-refractivity contribution in [2.24, 2.45) is 16.8 Å². The first-order valence-corrected chi connectivity index (χ1v) is 6.66. The summed E-state index contributed by atoms with van der Waals surface area (Å²) in [4.78, 5) is 16.5. The number of pyridine rings is 1. The number of aromatic nitrogens is 1. The van der Waals surface area contributed by atoms with Gasteiger partial charge in [-0.15, -0.1) is 0 Å². The maximum absolute atomic E-state index is 12.3. The fourth-order valence-corrected chi connectivity index (χ4v) is 2.09. The smallest absolute Gasteiger partial charge is 0.251 e. The average Bonchev–Trinajstić information content (AvgIpc) is 2.50. The van der Waals surface area contributed by atoms with E-state index in [9.17, 15) is 4.79 Å². The van der Waals surface area contributed by atoms with Crippen molar-refractivity contribution in [3.05, 3.63) is 42.1 Å². The van der Waals surface area contributed by atoms with Crippen LogP contribution in [0.25, 0.3) is 10.9 Å². The number of amidine groups is 1. The number of hydrogen-bond donors (Lipinski definition) is 3. The highest BCUT2D eigenvalue weighted by molar-refractivity contribution is 6.00. The summed E-state index contributed by atoms with van der Waals surface area (Å²) in [5, 5.41) is 15.4. The number of carbonyl (C=O) groups is 1. The Kier molecular flexibility index (Phi) is 4.37. The summed E-state index contributed by atoms with van der Waals surface area (Å²) < 4.78 is 0. The molecule has 0 bridgehead atoms. The zero-order chi connectivity index (χ0) is 15.4. The molecule has 6 nitrogen and oxygen atoms in total. The van der Waals surface area contributed by atoms with E-state index in [-0.39, 0.29) is 17.7 Å². The van der Waals surface area contributed by atoms with Gasteiger partial charge in [-0.05, 0) is 30.2 Å². The van der Waals surface area contributed by atoms with Gasteiger partial charge in [-0.2, -0.15) is 0 Å². The van der Waals surface area contributed by atoms with Gasteiger partial charge in [0.2, 0.25) is 0 Å². The molecule has 0 fully saturated rings. The van der Waals surface area contributed by atoms with Crippen molar-refractivity contribution in [3.63, 3.8) is 0 Å². The van der Waals surface area contributed by atoms with E-state index in [4.69, 9.17) is 10.9 Å². The summed E-state index contributed by atoms with van der Waals surface area (Å²) in [6.07, 6.45) is 1.70. The molecule has 1 aromatic carbocycles. The molecule has 110 valence electrons. The highest BCUT2D eigenvalue weighted by Crippen LogP contribution is 2.14. The molecule has 1 aromatic heterocycles. The molecule has 0 saturated heterocycles. The second-order valence-electron chi connectivity index (χ2n) is 5.13. The summed E-state index contributed by atoms with van der Waals surface area (Å²) in [5.41, 5.74) is 6.94. The Morgan fingerprint density at radius 1 is 1.38 bits per heavy atom. The molecule has 0 spiro atoms. The average molecular weight is 286 g/mol. The quantitative estimate of drug-likeness (QED) is 0.345. The highest BCUT2D eigenvalue weighted by Gasteiger charge is 2.21. The lowest BCUT2D eigenvalue weighted by atomic mass is 10.0. The van der Waals surface area contributed by atoms with Gasteiger partial charge in [0, 0.05) is 17.1 Å². The third kappa shape index (κ3) is 3.28. The molecule has 4 N–H and O–H groups in total. The molecule has 0 aliphatic heterocycles. The van der Waals surface area contributed by atoms with Crippen LogP contribution in [0.2, 0.25) is 0 Å². The number of oxime groups is 1. The topological polar surface area (TPSA) is 101 Å². The van der Waals surface area contributed by atoms with Crippen LogP contribution in [0.3, 0.4) is 0 Å². The van der Waals surface area contributed by atoms with Gasteiger partial charge < -0.3 is 16.3 Å². The first-order chi connectivity index (χ1) is 10.0. The molecular formula is C15H18N4O2. The predicted octanol–water partition coefficient (Wildman–Crippen LogP) is 1.74. The number of hydrogen-bond acceptors (Lipinski definition) is 4. The fraction of sp³-hybridized carbons (Fsp3) is 0.267. The third-order valence-corrected chi connectivity index (χ3v) is 3.25. The summed E-state index contributed by atoms with van der Waals surface area (Å²) in [5.74, 6) is -0.279. The van der Waals surface area contributed by atoms with Gasteiger partial charge in [0.05, 0.1) is 11.6 Å². The lowest BCUT2D eigenvalue weighted by Gasteiger charge is -2.20. The second-order valence-corrected chi connectivity index (χ2v) is 5.13. The van der Waals surface area contributed by atoms with E-state index in [0.717, 1.165) is 10.9 Å². The van der Waals surface area contributed by atoms with Crippen LogP contribution in [-0.2, 0) is 0 Å². The number of carbonyl (C=O) groups excluding carboxylic acids is 1. The number of fused-ring (bicyclic) bond motifs is 1. The SMILES string of the molecule is CC(C)C(NC(=O)c1ccc2ncccc2c1)C(N)=NO. The van der Waals surface area contributed by atoms with E-state index in [2.05, 4.69) is 15.5 Å². The zero-order valence-corrected chi connectivity index (χ0v) is 11.9. The highest BCUT2D eigenvalue weighted by atomic mass is 16.4. The van der Waals surface area contributed by atoms with Gasteiger partial charge >= 0.3 is 0 Å². The maximum atomic E-state index is 12.3. The van der Waals surface area contributed by atoms with Crippen molar-refractivity contribution >= 4 is 22.6 Å². The molecule has 0 radical (unpaired) electrons. The van der Waals surface area contributed by atoms with Crippen molar-refractivity contribution < 1.29 is 10.0 Å². The lowest BCUT2D eigenvalue weighted by Crippen LogP contribution is -2.47. The van der Waals surface area contributed by atoms with Crippen LogP contribution in [0.1, 0.15) is 24.2 Å². The molecule has 2 aromatic rings. The van der Waals surface area contributed by atoms with E-state index in [1.807, 2.05) is 26.0 Å². The van der Waals surface area contributed by atoms with Gasteiger partial charge in [0.1, 0.15) is 0 Å². The Labute approximate surface area is 122 Å². The first-order valence-electron chi connectivity index (χ1n) is 6.66. The second kappa shape index (κ2) is 6.21. The van der Waals surface area contributed by atoms with E-state index < -0.39 is 6.04 Å². The number of benzene rings is 1. The minimum atomic E-state index is -0.521. The number of amides is 1. The Morgan fingerprint density at radius 2 is 2.14 bits per heavy atom. The monoisotopic (exact) mass is 286 g/mol. The zero-order valence-electron chi connectivity index (χ0n) is 11.9. The first kappa shape index (κ1) is 14.8. The number of rotatable bonds is 4. The molecular weight excluding hydrogens is 268 g/mol. The Bertz CT molecular complexity index is 682. The van der Waals surface area contributed by atoms with Crippen molar-refractivity contribution in [1.29, 1.82) is 0 Å².